The van der Waals surface area contributed by atoms with Gasteiger partial charge in [0, 0.05) is 5.92 Å². The van der Waals surface area contributed by atoms with Crippen LogP contribution in [0.5, 0.6) is 0 Å². The summed E-state index contributed by atoms with van der Waals surface area (Å²) in [6.07, 6.45) is 6.58. The standard InChI is InChI=1S/C26H26O3/c1-25(2,20-11-7-4-8-12-20)17-26(29,24(27)28)16-23-19-13-14-21(22(23)15-19)18-9-5-3-6-10-18/h3-15,23,29H,16-17H2,1-2H3,(H,27,28). The summed E-state index contributed by atoms with van der Waals surface area (Å²) in [7, 11) is 0. The predicted molar refractivity (Wildman–Crippen MR) is 115 cm³/mol. The minimum absolute atomic E-state index is 0.0529. The van der Waals surface area contributed by atoms with Crippen molar-refractivity contribution in [2.75, 3.05) is 0 Å². The minimum atomic E-state index is -1.80. The molecule has 148 valence electrons. The molecule has 0 saturated carbocycles. The molecule has 4 rings (SSSR count). The molecule has 0 heterocycles. The zero-order valence-corrected chi connectivity index (χ0v) is 16.8. The molecular weight excluding hydrogens is 360 g/mol. The van der Waals surface area contributed by atoms with Crippen LogP contribution in [-0.4, -0.2) is 21.8 Å². The highest BCUT2D eigenvalue weighted by atomic mass is 16.4. The maximum Gasteiger partial charge on any atom is 0.335 e. The van der Waals surface area contributed by atoms with E-state index >= 15 is 0 Å². The van der Waals surface area contributed by atoms with Crippen molar-refractivity contribution >= 4 is 11.5 Å². The Hall–Kier alpha value is -2.91. The van der Waals surface area contributed by atoms with E-state index in [9.17, 15) is 15.0 Å². The van der Waals surface area contributed by atoms with Gasteiger partial charge in [-0.1, -0.05) is 92.7 Å². The van der Waals surface area contributed by atoms with E-state index < -0.39 is 17.0 Å². The fourth-order valence-corrected chi connectivity index (χ4v) is 4.57. The van der Waals surface area contributed by atoms with E-state index in [0.29, 0.717) is 0 Å². The third kappa shape index (κ3) is 3.58. The van der Waals surface area contributed by atoms with E-state index in [1.165, 1.54) is 0 Å². The maximum atomic E-state index is 12.2. The van der Waals surface area contributed by atoms with Crippen LogP contribution in [0.15, 0.2) is 90.0 Å². The number of benzene rings is 2. The molecule has 2 aromatic carbocycles. The van der Waals surface area contributed by atoms with Crippen LogP contribution in [0.25, 0.3) is 5.57 Å². The van der Waals surface area contributed by atoms with Crippen LogP contribution >= 0.6 is 0 Å². The van der Waals surface area contributed by atoms with Gasteiger partial charge in [-0.3, -0.25) is 0 Å². The van der Waals surface area contributed by atoms with Gasteiger partial charge in [0.2, 0.25) is 0 Å². The smallest absolute Gasteiger partial charge is 0.335 e. The van der Waals surface area contributed by atoms with Crippen LogP contribution in [0.4, 0.5) is 0 Å². The summed E-state index contributed by atoms with van der Waals surface area (Å²) in [5.74, 6) is -1.21. The Bertz CT molecular complexity index is 1010. The van der Waals surface area contributed by atoms with Gasteiger partial charge in [-0.2, -0.15) is 0 Å². The van der Waals surface area contributed by atoms with Crippen LogP contribution in [-0.2, 0) is 10.2 Å². The number of hydrogen-bond acceptors (Lipinski definition) is 2. The molecule has 3 heteroatoms. The van der Waals surface area contributed by atoms with Crippen LogP contribution in [0.2, 0.25) is 0 Å². The normalized spacial score (nSPS) is 20.0. The van der Waals surface area contributed by atoms with E-state index in [1.54, 1.807) is 0 Å². The van der Waals surface area contributed by atoms with Crippen LogP contribution in [0.1, 0.15) is 37.8 Å². The molecule has 0 saturated heterocycles. The Morgan fingerprint density at radius 3 is 2.17 bits per heavy atom. The van der Waals surface area contributed by atoms with Crippen molar-refractivity contribution in [1.82, 2.24) is 0 Å². The van der Waals surface area contributed by atoms with Gasteiger partial charge in [-0.05, 0) is 46.1 Å². The molecule has 2 unspecified atom stereocenters. The Morgan fingerprint density at radius 1 is 0.966 bits per heavy atom. The molecule has 0 spiro atoms. The summed E-state index contributed by atoms with van der Waals surface area (Å²) in [5.41, 5.74) is 3.19. The van der Waals surface area contributed by atoms with Crippen molar-refractivity contribution in [3.63, 3.8) is 0 Å². The summed E-state index contributed by atoms with van der Waals surface area (Å²) >= 11 is 0. The summed E-state index contributed by atoms with van der Waals surface area (Å²) in [6.45, 7) is 3.98. The summed E-state index contributed by atoms with van der Waals surface area (Å²) in [5, 5.41) is 21.2. The number of aliphatic hydroxyl groups is 1. The molecule has 2 atom stereocenters. The van der Waals surface area contributed by atoms with Gasteiger partial charge in [0.25, 0.3) is 0 Å². The van der Waals surface area contributed by atoms with Gasteiger partial charge < -0.3 is 10.2 Å². The molecule has 3 nitrogen and oxygen atoms in total. The quantitative estimate of drug-likeness (QED) is 0.693. The van der Waals surface area contributed by atoms with Crippen LogP contribution in [0, 0.1) is 5.92 Å². The molecule has 29 heavy (non-hydrogen) atoms. The van der Waals surface area contributed by atoms with Crippen LogP contribution in [0.3, 0.4) is 0 Å². The second-order valence-electron chi connectivity index (χ2n) is 8.73. The molecule has 0 aliphatic heterocycles. The first-order valence-electron chi connectivity index (χ1n) is 10.0. The van der Waals surface area contributed by atoms with Gasteiger partial charge in [-0.15, -0.1) is 0 Å². The fraction of sp³-hybridized carbons (Fsp3) is 0.269. The number of carboxylic acid groups (broad SMARTS) is 1. The average molecular weight is 386 g/mol. The van der Waals surface area contributed by atoms with E-state index in [2.05, 4.69) is 24.3 Å². The fourth-order valence-electron chi connectivity index (χ4n) is 4.57. The third-order valence-electron chi connectivity index (χ3n) is 6.17. The predicted octanol–water partition coefficient (Wildman–Crippen LogP) is 5.14. The first-order chi connectivity index (χ1) is 13.8. The van der Waals surface area contributed by atoms with Gasteiger partial charge in [0.1, 0.15) is 0 Å². The maximum absolute atomic E-state index is 12.2. The molecule has 0 aromatic heterocycles. The number of carboxylic acids is 1. The molecule has 2 aliphatic carbocycles. The van der Waals surface area contributed by atoms with E-state index in [1.807, 2.05) is 68.5 Å². The first-order valence-corrected chi connectivity index (χ1v) is 10.0. The second kappa shape index (κ2) is 7.16. The monoisotopic (exact) mass is 386 g/mol. The van der Waals surface area contributed by atoms with E-state index in [4.69, 9.17) is 0 Å². The topological polar surface area (TPSA) is 57.5 Å². The molecule has 0 amide bonds. The van der Waals surface area contributed by atoms with E-state index in [-0.39, 0.29) is 18.8 Å². The highest BCUT2D eigenvalue weighted by Gasteiger charge is 2.46. The highest BCUT2D eigenvalue weighted by Crippen LogP contribution is 2.50. The molecule has 2 aliphatic rings. The lowest BCUT2D eigenvalue weighted by Gasteiger charge is -2.41. The number of rotatable bonds is 7. The molecule has 2 aromatic rings. The van der Waals surface area contributed by atoms with Crippen molar-refractivity contribution < 1.29 is 15.0 Å². The molecular formula is C26H26O3. The van der Waals surface area contributed by atoms with Crippen molar-refractivity contribution in [2.24, 2.45) is 5.92 Å². The number of hydrogen-bond donors (Lipinski definition) is 2. The molecule has 0 radical (unpaired) electrons. The zero-order valence-electron chi connectivity index (χ0n) is 16.8. The lowest BCUT2D eigenvalue weighted by Crippen LogP contribution is -2.46. The summed E-state index contributed by atoms with van der Waals surface area (Å²) < 4.78 is 0. The van der Waals surface area contributed by atoms with Gasteiger partial charge in [0.15, 0.2) is 5.60 Å². The Labute approximate surface area is 171 Å². The second-order valence-corrected chi connectivity index (χ2v) is 8.73. The molecule has 2 bridgehead atoms. The summed E-state index contributed by atoms with van der Waals surface area (Å²) in [6, 6.07) is 19.9. The number of fused-ring (bicyclic) bond motifs is 2. The Kier molecular flexibility index (Phi) is 4.79. The molecule has 2 N–H and O–H groups in total. The minimum Gasteiger partial charge on any atom is -0.479 e. The highest BCUT2D eigenvalue weighted by molar-refractivity contribution is 5.88. The Morgan fingerprint density at radius 2 is 1.59 bits per heavy atom. The van der Waals surface area contributed by atoms with Crippen LogP contribution < -0.4 is 0 Å². The van der Waals surface area contributed by atoms with Gasteiger partial charge in [-0.25, -0.2) is 4.79 Å². The lowest BCUT2D eigenvalue weighted by molar-refractivity contribution is -0.162. The SMILES string of the molecule is CC(C)(CC(O)(CC1c2ccc(-c3ccccc3)c1c2)C(=O)O)c1ccccc1. The van der Waals surface area contributed by atoms with Crippen molar-refractivity contribution in [1.29, 1.82) is 0 Å². The number of carbonyl (C=O) groups is 1. The van der Waals surface area contributed by atoms with Crippen molar-refractivity contribution in [3.8, 4) is 0 Å². The third-order valence-corrected chi connectivity index (χ3v) is 6.17. The first kappa shape index (κ1) is 19.4. The lowest BCUT2D eigenvalue weighted by atomic mass is 9.64. The number of allylic oxidation sites excluding steroid dienone is 6. The number of aliphatic carboxylic acids is 1. The van der Waals surface area contributed by atoms with E-state index in [0.717, 1.165) is 27.8 Å². The van der Waals surface area contributed by atoms with Crippen molar-refractivity contribution in [2.45, 2.75) is 37.7 Å². The van der Waals surface area contributed by atoms with Gasteiger partial charge in [0.05, 0.1) is 0 Å². The summed E-state index contributed by atoms with van der Waals surface area (Å²) in [4.78, 5) is 12.2. The zero-order chi connectivity index (χ0) is 20.6. The van der Waals surface area contributed by atoms with Crippen molar-refractivity contribution in [3.05, 3.63) is 101 Å². The largest absolute Gasteiger partial charge is 0.479 e. The average Bonchev–Trinajstić information content (AvgIpc) is 2.73. The molecule has 0 fully saturated rings. The Balaban J connectivity index is 1.57. The van der Waals surface area contributed by atoms with Gasteiger partial charge >= 0.3 is 5.97 Å².